The minimum atomic E-state index is 0.261. The molecule has 0 radical (unpaired) electrons. The number of rotatable bonds is 3. The number of aryl methyl sites for hydroxylation is 1. The lowest BCUT2D eigenvalue weighted by molar-refractivity contribution is 0.0242. The van der Waals surface area contributed by atoms with Crippen LogP contribution in [0.25, 0.3) is 0 Å². The molecule has 0 amide bonds. The first-order valence-corrected chi connectivity index (χ1v) is 6.36. The number of nitrogens with zero attached hydrogens (tertiary/aromatic N) is 1. The van der Waals surface area contributed by atoms with E-state index >= 15 is 0 Å². The molecule has 1 aromatic carbocycles. The van der Waals surface area contributed by atoms with Crippen LogP contribution in [-0.2, 0) is 4.84 Å². The number of anilines is 1. The van der Waals surface area contributed by atoms with Crippen LogP contribution in [0.4, 0.5) is 5.69 Å². The van der Waals surface area contributed by atoms with Gasteiger partial charge >= 0.3 is 0 Å². The summed E-state index contributed by atoms with van der Waals surface area (Å²) in [5, 5.41) is 0. The van der Waals surface area contributed by atoms with E-state index < -0.39 is 0 Å². The quantitative estimate of drug-likeness (QED) is 0.817. The van der Waals surface area contributed by atoms with Gasteiger partial charge in [0.2, 0.25) is 0 Å². The van der Waals surface area contributed by atoms with E-state index in [0.29, 0.717) is 6.04 Å². The summed E-state index contributed by atoms with van der Waals surface area (Å²) in [4.78, 5) is 7.33. The van der Waals surface area contributed by atoms with Crippen LogP contribution in [0, 0.1) is 6.92 Å². The Morgan fingerprint density at radius 3 is 2.41 bits per heavy atom. The Morgan fingerprint density at radius 2 is 1.82 bits per heavy atom. The van der Waals surface area contributed by atoms with Crippen molar-refractivity contribution in [3.8, 4) is 0 Å². The van der Waals surface area contributed by atoms with Crippen LogP contribution in [0.15, 0.2) is 24.3 Å². The summed E-state index contributed by atoms with van der Waals surface area (Å²) in [6, 6.07) is 9.17. The Bertz CT molecular complexity index is 359. The third kappa shape index (κ3) is 2.79. The van der Waals surface area contributed by atoms with Gasteiger partial charge in [-0.1, -0.05) is 18.2 Å². The van der Waals surface area contributed by atoms with Gasteiger partial charge < -0.3 is 9.74 Å². The third-order valence-corrected chi connectivity index (χ3v) is 3.88. The van der Waals surface area contributed by atoms with Gasteiger partial charge in [-0.05, 0) is 44.2 Å². The van der Waals surface area contributed by atoms with Gasteiger partial charge in [-0.15, -0.1) is 0 Å². The fourth-order valence-corrected chi connectivity index (χ4v) is 2.72. The first-order valence-electron chi connectivity index (χ1n) is 6.36. The Balaban J connectivity index is 2.02. The molecular formula is C14H22N2O. The minimum Gasteiger partial charge on any atom is -0.371 e. The predicted molar refractivity (Wildman–Crippen MR) is 70.9 cm³/mol. The zero-order valence-electron chi connectivity index (χ0n) is 10.7. The highest BCUT2D eigenvalue weighted by atomic mass is 16.6. The van der Waals surface area contributed by atoms with Crippen molar-refractivity contribution in [3.63, 3.8) is 0 Å². The topological polar surface area (TPSA) is 38.5 Å². The Labute approximate surface area is 104 Å². The molecule has 0 spiro atoms. The van der Waals surface area contributed by atoms with Gasteiger partial charge in [-0.25, -0.2) is 5.90 Å². The van der Waals surface area contributed by atoms with Gasteiger partial charge in [-0.3, -0.25) is 0 Å². The van der Waals surface area contributed by atoms with Crippen molar-refractivity contribution in [1.82, 2.24) is 0 Å². The van der Waals surface area contributed by atoms with Crippen molar-refractivity contribution in [3.05, 3.63) is 29.8 Å². The van der Waals surface area contributed by atoms with Crippen LogP contribution in [-0.4, -0.2) is 19.2 Å². The molecule has 0 saturated heterocycles. The molecular weight excluding hydrogens is 212 g/mol. The second-order valence-electron chi connectivity index (χ2n) is 4.96. The fourth-order valence-electron chi connectivity index (χ4n) is 2.72. The predicted octanol–water partition coefficient (Wildman–Crippen LogP) is 2.63. The van der Waals surface area contributed by atoms with E-state index in [2.05, 4.69) is 43.1 Å². The second-order valence-corrected chi connectivity index (χ2v) is 4.96. The third-order valence-electron chi connectivity index (χ3n) is 3.88. The summed E-state index contributed by atoms with van der Waals surface area (Å²) in [7, 11) is 2.19. The van der Waals surface area contributed by atoms with Crippen LogP contribution >= 0.6 is 0 Å². The lowest BCUT2D eigenvalue weighted by Gasteiger charge is -2.36. The molecule has 1 saturated carbocycles. The first-order chi connectivity index (χ1) is 8.22. The highest BCUT2D eigenvalue weighted by molar-refractivity contribution is 5.53. The normalized spacial score (nSPS) is 24.6. The molecule has 1 aromatic rings. The van der Waals surface area contributed by atoms with Crippen molar-refractivity contribution in [2.45, 2.75) is 44.8 Å². The lowest BCUT2D eigenvalue weighted by atomic mass is 9.91. The monoisotopic (exact) mass is 234 g/mol. The van der Waals surface area contributed by atoms with Gasteiger partial charge in [0.25, 0.3) is 0 Å². The zero-order valence-corrected chi connectivity index (χ0v) is 10.7. The minimum absolute atomic E-state index is 0.261. The van der Waals surface area contributed by atoms with Crippen LogP contribution in [0.1, 0.15) is 31.2 Å². The van der Waals surface area contributed by atoms with Gasteiger partial charge in [-0.2, -0.15) is 0 Å². The van der Waals surface area contributed by atoms with Gasteiger partial charge in [0, 0.05) is 18.8 Å². The largest absolute Gasteiger partial charge is 0.371 e. The molecule has 2 N–H and O–H groups in total. The number of para-hydroxylation sites is 1. The van der Waals surface area contributed by atoms with Gasteiger partial charge in [0.05, 0.1) is 6.10 Å². The standard InChI is InChI=1S/C14H22N2O/c1-11-5-3-4-6-14(11)16(2)12-7-9-13(17-15)10-8-12/h3-6,12-13H,7-10,15H2,1-2H3. The average molecular weight is 234 g/mol. The molecule has 3 nitrogen and oxygen atoms in total. The molecule has 0 unspecified atom stereocenters. The summed E-state index contributed by atoms with van der Waals surface area (Å²) >= 11 is 0. The van der Waals surface area contributed by atoms with Crippen LogP contribution in [0.5, 0.6) is 0 Å². The van der Waals surface area contributed by atoms with Crippen LogP contribution < -0.4 is 10.8 Å². The second kappa shape index (κ2) is 5.52. The maximum absolute atomic E-state index is 5.25. The number of benzene rings is 1. The van der Waals surface area contributed by atoms with E-state index in [1.54, 1.807) is 0 Å². The fraction of sp³-hybridized carbons (Fsp3) is 0.571. The summed E-state index contributed by atoms with van der Waals surface area (Å²) in [5.74, 6) is 5.25. The van der Waals surface area contributed by atoms with Gasteiger partial charge in [0.15, 0.2) is 0 Å². The van der Waals surface area contributed by atoms with Crippen molar-refractivity contribution in [1.29, 1.82) is 0 Å². The van der Waals surface area contributed by atoms with Crippen molar-refractivity contribution in [2.75, 3.05) is 11.9 Å². The molecule has 0 aliphatic heterocycles. The molecule has 3 heteroatoms. The van der Waals surface area contributed by atoms with E-state index in [0.717, 1.165) is 25.7 Å². The maximum atomic E-state index is 5.25. The highest BCUT2D eigenvalue weighted by Gasteiger charge is 2.24. The van der Waals surface area contributed by atoms with E-state index in [-0.39, 0.29) is 6.10 Å². The molecule has 0 atom stereocenters. The van der Waals surface area contributed by atoms with E-state index in [4.69, 9.17) is 10.7 Å². The molecule has 94 valence electrons. The highest BCUT2D eigenvalue weighted by Crippen LogP contribution is 2.28. The Kier molecular flexibility index (Phi) is 4.02. The van der Waals surface area contributed by atoms with E-state index in [1.807, 2.05) is 0 Å². The van der Waals surface area contributed by atoms with Crippen LogP contribution in [0.2, 0.25) is 0 Å². The summed E-state index contributed by atoms with van der Waals surface area (Å²) in [6.07, 6.45) is 4.71. The first kappa shape index (κ1) is 12.4. The van der Waals surface area contributed by atoms with Crippen molar-refractivity contribution in [2.24, 2.45) is 5.90 Å². The number of nitrogens with two attached hydrogens (primary N) is 1. The molecule has 0 bridgehead atoms. The summed E-state index contributed by atoms with van der Waals surface area (Å²) in [5.41, 5.74) is 2.68. The Hall–Kier alpha value is -1.06. The molecule has 0 aromatic heterocycles. The molecule has 1 aliphatic carbocycles. The van der Waals surface area contributed by atoms with Crippen LogP contribution in [0.3, 0.4) is 0 Å². The molecule has 17 heavy (non-hydrogen) atoms. The van der Waals surface area contributed by atoms with E-state index in [1.165, 1.54) is 11.3 Å². The maximum Gasteiger partial charge on any atom is 0.0789 e. The number of hydrogen-bond acceptors (Lipinski definition) is 3. The average Bonchev–Trinajstić information content (AvgIpc) is 2.39. The lowest BCUT2D eigenvalue weighted by Crippen LogP contribution is -2.37. The summed E-state index contributed by atoms with van der Waals surface area (Å²) < 4.78 is 0. The molecule has 2 rings (SSSR count). The van der Waals surface area contributed by atoms with Crippen molar-refractivity contribution < 1.29 is 4.84 Å². The smallest absolute Gasteiger partial charge is 0.0789 e. The van der Waals surface area contributed by atoms with Crippen molar-refractivity contribution >= 4 is 5.69 Å². The molecule has 0 heterocycles. The Morgan fingerprint density at radius 1 is 1.18 bits per heavy atom. The zero-order chi connectivity index (χ0) is 12.3. The van der Waals surface area contributed by atoms with E-state index in [9.17, 15) is 0 Å². The molecule has 1 fully saturated rings. The number of hydrogen-bond donors (Lipinski definition) is 1. The SMILES string of the molecule is Cc1ccccc1N(C)C1CCC(ON)CC1. The molecule has 1 aliphatic rings. The van der Waals surface area contributed by atoms with Gasteiger partial charge in [0.1, 0.15) is 0 Å². The summed E-state index contributed by atoms with van der Waals surface area (Å²) in [6.45, 7) is 2.17.